The zero-order valence-electron chi connectivity index (χ0n) is 9.16. The molecule has 0 spiro atoms. The summed E-state index contributed by atoms with van der Waals surface area (Å²) in [6.07, 6.45) is 4.63. The van der Waals surface area contributed by atoms with Gasteiger partial charge in [-0.25, -0.2) is 0 Å². The third-order valence-corrected chi connectivity index (χ3v) is 2.61. The Kier molecular flexibility index (Phi) is 4.34. The number of likely N-dealkylation sites (tertiary alicyclic amines) is 1. The Labute approximate surface area is 90.3 Å². The Morgan fingerprint density at radius 1 is 1.53 bits per heavy atom. The summed E-state index contributed by atoms with van der Waals surface area (Å²) in [4.78, 5) is 24.5. The van der Waals surface area contributed by atoms with Crippen LogP contribution >= 0.6 is 0 Å². The molecular formula is C11H18N2O2. The van der Waals surface area contributed by atoms with E-state index in [1.165, 1.54) is 6.08 Å². The topological polar surface area (TPSA) is 49.4 Å². The van der Waals surface area contributed by atoms with Crippen LogP contribution < -0.4 is 5.32 Å². The molecule has 0 aromatic rings. The predicted molar refractivity (Wildman–Crippen MR) is 58.0 cm³/mol. The number of hydrogen-bond donors (Lipinski definition) is 1. The van der Waals surface area contributed by atoms with Crippen molar-refractivity contribution in [2.45, 2.75) is 38.8 Å². The van der Waals surface area contributed by atoms with Crippen molar-refractivity contribution in [2.24, 2.45) is 0 Å². The third-order valence-electron chi connectivity index (χ3n) is 2.61. The molecule has 1 N–H and O–H groups in total. The van der Waals surface area contributed by atoms with Gasteiger partial charge in [0, 0.05) is 13.0 Å². The Balaban J connectivity index is 2.55. The van der Waals surface area contributed by atoms with Gasteiger partial charge < -0.3 is 10.2 Å². The molecule has 1 fully saturated rings. The normalized spacial score (nSPS) is 19.3. The zero-order valence-corrected chi connectivity index (χ0v) is 9.16. The molecule has 1 aliphatic rings. The Morgan fingerprint density at radius 3 is 2.93 bits per heavy atom. The summed E-state index contributed by atoms with van der Waals surface area (Å²) in [6, 6.07) is 0. The Hall–Kier alpha value is -1.32. The van der Waals surface area contributed by atoms with E-state index in [4.69, 9.17) is 0 Å². The lowest BCUT2D eigenvalue weighted by Crippen LogP contribution is -2.48. The number of carbonyl (C=O) groups excluding carboxylic acids is 2. The number of amides is 2. The largest absolute Gasteiger partial charge is 0.333 e. The minimum Gasteiger partial charge on any atom is -0.333 e. The minimum atomic E-state index is -0.237. The monoisotopic (exact) mass is 210 g/mol. The van der Waals surface area contributed by atoms with Crippen LogP contribution in [0.2, 0.25) is 0 Å². The number of nitrogens with one attached hydrogen (secondary N) is 1. The highest BCUT2D eigenvalue weighted by Gasteiger charge is 2.22. The van der Waals surface area contributed by atoms with Crippen molar-refractivity contribution in [2.75, 3.05) is 6.54 Å². The van der Waals surface area contributed by atoms with Crippen LogP contribution in [0.25, 0.3) is 0 Å². The first-order chi connectivity index (χ1) is 7.15. The molecule has 1 heterocycles. The molecule has 4 heteroatoms. The van der Waals surface area contributed by atoms with Crippen LogP contribution in [0, 0.1) is 0 Å². The van der Waals surface area contributed by atoms with Crippen LogP contribution in [0.1, 0.15) is 32.6 Å². The molecule has 2 amide bonds. The van der Waals surface area contributed by atoms with Gasteiger partial charge in [-0.1, -0.05) is 13.0 Å². The number of nitrogens with zero attached hydrogens (tertiary/aromatic N) is 1. The van der Waals surface area contributed by atoms with Crippen molar-refractivity contribution < 1.29 is 9.59 Å². The highest BCUT2D eigenvalue weighted by molar-refractivity contribution is 5.87. The molecule has 0 radical (unpaired) electrons. The van der Waals surface area contributed by atoms with E-state index in [0.29, 0.717) is 6.42 Å². The summed E-state index contributed by atoms with van der Waals surface area (Å²) >= 11 is 0. The number of rotatable bonds is 3. The standard InChI is InChI=1S/C11H18N2O2/c1-3-10(14)12-9(2)13-8-6-4-5-7-11(13)15/h3,9H,1,4-8H2,2H3,(H,12,14). The second-order valence-corrected chi connectivity index (χ2v) is 3.79. The van der Waals surface area contributed by atoms with Gasteiger partial charge in [0.1, 0.15) is 6.17 Å². The van der Waals surface area contributed by atoms with Crippen LogP contribution in [-0.2, 0) is 9.59 Å². The molecule has 0 aromatic heterocycles. The fourth-order valence-electron chi connectivity index (χ4n) is 1.76. The molecule has 0 bridgehead atoms. The average molecular weight is 210 g/mol. The van der Waals surface area contributed by atoms with Crippen molar-refractivity contribution in [3.05, 3.63) is 12.7 Å². The highest BCUT2D eigenvalue weighted by Crippen LogP contribution is 2.12. The first-order valence-corrected chi connectivity index (χ1v) is 5.37. The second-order valence-electron chi connectivity index (χ2n) is 3.79. The maximum absolute atomic E-state index is 11.7. The van der Waals surface area contributed by atoms with Crippen LogP contribution in [0.3, 0.4) is 0 Å². The molecule has 4 nitrogen and oxygen atoms in total. The summed E-state index contributed by atoms with van der Waals surface area (Å²) < 4.78 is 0. The molecule has 15 heavy (non-hydrogen) atoms. The van der Waals surface area contributed by atoms with Crippen LogP contribution in [0.15, 0.2) is 12.7 Å². The molecule has 1 unspecified atom stereocenters. The fourth-order valence-corrected chi connectivity index (χ4v) is 1.76. The molecular weight excluding hydrogens is 192 g/mol. The van der Waals surface area contributed by atoms with E-state index in [1.807, 2.05) is 6.92 Å². The van der Waals surface area contributed by atoms with Crippen molar-refractivity contribution in [3.8, 4) is 0 Å². The van der Waals surface area contributed by atoms with Crippen LogP contribution in [0.4, 0.5) is 0 Å². The summed E-state index contributed by atoms with van der Waals surface area (Å²) in [5, 5.41) is 2.71. The third kappa shape index (κ3) is 3.38. The van der Waals surface area contributed by atoms with Crippen molar-refractivity contribution in [1.82, 2.24) is 10.2 Å². The fraction of sp³-hybridized carbons (Fsp3) is 0.636. The van der Waals surface area contributed by atoms with Crippen LogP contribution in [0.5, 0.6) is 0 Å². The lowest BCUT2D eigenvalue weighted by molar-refractivity contribution is -0.134. The number of carbonyl (C=O) groups is 2. The van der Waals surface area contributed by atoms with Gasteiger partial charge in [0.25, 0.3) is 0 Å². The zero-order chi connectivity index (χ0) is 11.3. The predicted octanol–water partition coefficient (Wildman–Crippen LogP) is 1.04. The smallest absolute Gasteiger partial charge is 0.244 e. The van der Waals surface area contributed by atoms with Crippen molar-refractivity contribution >= 4 is 11.8 Å². The first kappa shape index (κ1) is 11.8. The second kappa shape index (κ2) is 5.53. The van der Waals surface area contributed by atoms with Crippen LogP contribution in [-0.4, -0.2) is 29.4 Å². The van der Waals surface area contributed by atoms with E-state index in [2.05, 4.69) is 11.9 Å². The minimum absolute atomic E-state index is 0.129. The van der Waals surface area contributed by atoms with E-state index in [0.717, 1.165) is 25.8 Å². The summed E-state index contributed by atoms with van der Waals surface area (Å²) in [5.74, 6) is -0.107. The van der Waals surface area contributed by atoms with Gasteiger partial charge in [-0.05, 0) is 25.8 Å². The quantitative estimate of drug-likeness (QED) is 0.707. The van der Waals surface area contributed by atoms with E-state index in [-0.39, 0.29) is 18.0 Å². The Bertz CT molecular complexity index is 263. The van der Waals surface area contributed by atoms with Gasteiger partial charge in [-0.15, -0.1) is 0 Å². The Morgan fingerprint density at radius 2 is 2.27 bits per heavy atom. The molecule has 0 saturated carbocycles. The molecule has 1 rings (SSSR count). The molecule has 1 atom stereocenters. The van der Waals surface area contributed by atoms with Gasteiger partial charge >= 0.3 is 0 Å². The van der Waals surface area contributed by atoms with Gasteiger partial charge in [0.05, 0.1) is 0 Å². The number of hydrogen-bond acceptors (Lipinski definition) is 2. The van der Waals surface area contributed by atoms with E-state index in [1.54, 1.807) is 4.90 Å². The molecule has 0 aromatic carbocycles. The molecule has 0 aliphatic carbocycles. The van der Waals surface area contributed by atoms with Gasteiger partial charge in [-0.3, -0.25) is 9.59 Å². The van der Waals surface area contributed by atoms with E-state index in [9.17, 15) is 9.59 Å². The SMILES string of the molecule is C=CC(=O)NC(C)N1CCCCCC1=O. The lowest BCUT2D eigenvalue weighted by atomic mass is 10.2. The van der Waals surface area contributed by atoms with Gasteiger partial charge in [-0.2, -0.15) is 0 Å². The van der Waals surface area contributed by atoms with Gasteiger partial charge in [0.15, 0.2) is 0 Å². The molecule has 1 aliphatic heterocycles. The molecule has 84 valence electrons. The summed E-state index contributed by atoms with van der Waals surface area (Å²) in [5.41, 5.74) is 0. The average Bonchev–Trinajstić information content (AvgIpc) is 2.42. The summed E-state index contributed by atoms with van der Waals surface area (Å²) in [7, 11) is 0. The van der Waals surface area contributed by atoms with E-state index >= 15 is 0 Å². The van der Waals surface area contributed by atoms with E-state index < -0.39 is 0 Å². The lowest BCUT2D eigenvalue weighted by Gasteiger charge is -2.28. The summed E-state index contributed by atoms with van der Waals surface area (Å²) in [6.45, 7) is 5.94. The molecule has 1 saturated heterocycles. The maximum Gasteiger partial charge on any atom is 0.244 e. The first-order valence-electron chi connectivity index (χ1n) is 5.37. The van der Waals surface area contributed by atoms with Crippen molar-refractivity contribution in [1.29, 1.82) is 0 Å². The van der Waals surface area contributed by atoms with Crippen molar-refractivity contribution in [3.63, 3.8) is 0 Å². The maximum atomic E-state index is 11.7. The van der Waals surface area contributed by atoms with Gasteiger partial charge in [0.2, 0.25) is 11.8 Å². The highest BCUT2D eigenvalue weighted by atomic mass is 16.2.